The molecule has 0 radical (unpaired) electrons. The highest BCUT2D eigenvalue weighted by Gasteiger charge is 2.07. The molecule has 130 valence electrons. The summed E-state index contributed by atoms with van der Waals surface area (Å²) in [6, 6.07) is 7.62. The Morgan fingerprint density at radius 3 is 2.67 bits per heavy atom. The van der Waals surface area contributed by atoms with Gasteiger partial charge < -0.3 is 20.1 Å². The number of hydrogen-bond acceptors (Lipinski definition) is 5. The van der Waals surface area contributed by atoms with Crippen molar-refractivity contribution >= 4 is 5.96 Å². The molecular formula is C16H24N6O2. The normalized spacial score (nSPS) is 11.4. The minimum atomic E-state index is 0.507. The second-order valence-electron chi connectivity index (χ2n) is 5.03. The fraction of sp³-hybridized carbons (Fsp3) is 0.438. The molecule has 0 spiro atoms. The topological polar surface area (TPSA) is 96.5 Å². The lowest BCUT2D eigenvalue weighted by molar-refractivity contribution is 0.195. The Hall–Kier alpha value is -2.61. The van der Waals surface area contributed by atoms with Crippen molar-refractivity contribution in [3.8, 4) is 17.1 Å². The molecule has 8 heteroatoms. The van der Waals surface area contributed by atoms with Gasteiger partial charge in [-0.3, -0.25) is 10.1 Å². The third kappa shape index (κ3) is 5.24. The second kappa shape index (κ2) is 9.51. The van der Waals surface area contributed by atoms with E-state index in [0.717, 1.165) is 36.7 Å². The van der Waals surface area contributed by atoms with Gasteiger partial charge in [0.15, 0.2) is 11.8 Å². The number of nitrogens with zero attached hydrogens (tertiary/aromatic N) is 3. The van der Waals surface area contributed by atoms with E-state index >= 15 is 0 Å². The number of aromatic amines is 1. The number of aliphatic imine (C=N–C) groups is 1. The first-order valence-corrected chi connectivity index (χ1v) is 7.76. The maximum absolute atomic E-state index is 5.15. The van der Waals surface area contributed by atoms with E-state index in [1.807, 2.05) is 24.3 Å². The SMILES string of the molecule is CN=C(NCCCOC)NCc1nc(-c2ccc(OC)cc2)n[nH]1. The van der Waals surface area contributed by atoms with E-state index in [-0.39, 0.29) is 0 Å². The van der Waals surface area contributed by atoms with Crippen LogP contribution in [0.25, 0.3) is 11.4 Å². The predicted octanol–water partition coefficient (Wildman–Crippen LogP) is 1.18. The van der Waals surface area contributed by atoms with Crippen LogP contribution in [-0.4, -0.2) is 55.6 Å². The fourth-order valence-electron chi connectivity index (χ4n) is 2.05. The number of H-pyrrole nitrogens is 1. The quantitative estimate of drug-likeness (QED) is 0.382. The van der Waals surface area contributed by atoms with Crippen molar-refractivity contribution in [2.24, 2.45) is 4.99 Å². The number of guanidine groups is 1. The molecule has 1 heterocycles. The predicted molar refractivity (Wildman–Crippen MR) is 93.1 cm³/mol. The van der Waals surface area contributed by atoms with Gasteiger partial charge in [-0.2, -0.15) is 5.10 Å². The zero-order valence-corrected chi connectivity index (χ0v) is 14.3. The molecule has 8 nitrogen and oxygen atoms in total. The molecule has 0 aliphatic heterocycles. The van der Waals surface area contributed by atoms with Gasteiger partial charge >= 0.3 is 0 Å². The summed E-state index contributed by atoms with van der Waals surface area (Å²) in [6.07, 6.45) is 0.918. The van der Waals surface area contributed by atoms with Crippen LogP contribution in [0.3, 0.4) is 0 Å². The number of methoxy groups -OCH3 is 2. The van der Waals surface area contributed by atoms with Gasteiger partial charge in [0.25, 0.3) is 0 Å². The summed E-state index contributed by atoms with van der Waals surface area (Å²) in [5, 5.41) is 13.6. The molecule has 0 fully saturated rings. The molecular weight excluding hydrogens is 308 g/mol. The Kier molecular flexibility index (Phi) is 7.03. The molecule has 0 aliphatic rings. The molecule has 0 unspecified atom stereocenters. The number of benzene rings is 1. The molecule has 0 aliphatic carbocycles. The monoisotopic (exact) mass is 332 g/mol. The van der Waals surface area contributed by atoms with Gasteiger partial charge in [-0.25, -0.2) is 4.98 Å². The third-order valence-electron chi connectivity index (χ3n) is 3.34. The second-order valence-corrected chi connectivity index (χ2v) is 5.03. The zero-order chi connectivity index (χ0) is 17.2. The first kappa shape index (κ1) is 17.7. The minimum Gasteiger partial charge on any atom is -0.497 e. The molecule has 0 bridgehead atoms. The maximum atomic E-state index is 5.15. The molecule has 1 aromatic carbocycles. The van der Waals surface area contributed by atoms with E-state index in [0.29, 0.717) is 18.3 Å². The lowest BCUT2D eigenvalue weighted by Crippen LogP contribution is -2.37. The van der Waals surface area contributed by atoms with Crippen molar-refractivity contribution in [1.82, 2.24) is 25.8 Å². The largest absolute Gasteiger partial charge is 0.497 e. The lowest BCUT2D eigenvalue weighted by atomic mass is 10.2. The highest BCUT2D eigenvalue weighted by atomic mass is 16.5. The van der Waals surface area contributed by atoms with Crippen molar-refractivity contribution < 1.29 is 9.47 Å². The smallest absolute Gasteiger partial charge is 0.191 e. The van der Waals surface area contributed by atoms with Crippen LogP contribution in [0.4, 0.5) is 0 Å². The number of aromatic nitrogens is 3. The van der Waals surface area contributed by atoms with E-state index in [9.17, 15) is 0 Å². The van der Waals surface area contributed by atoms with Crippen molar-refractivity contribution in [2.75, 3.05) is 34.4 Å². The highest BCUT2D eigenvalue weighted by molar-refractivity contribution is 5.79. The van der Waals surface area contributed by atoms with Crippen LogP contribution in [0.5, 0.6) is 5.75 Å². The Bertz CT molecular complexity index is 638. The van der Waals surface area contributed by atoms with E-state index in [1.165, 1.54) is 0 Å². The van der Waals surface area contributed by atoms with Crippen LogP contribution >= 0.6 is 0 Å². The average Bonchev–Trinajstić information content (AvgIpc) is 3.10. The summed E-state index contributed by atoms with van der Waals surface area (Å²) < 4.78 is 10.2. The average molecular weight is 332 g/mol. The Balaban J connectivity index is 1.86. The van der Waals surface area contributed by atoms with Crippen LogP contribution in [0.15, 0.2) is 29.3 Å². The van der Waals surface area contributed by atoms with Gasteiger partial charge in [0.2, 0.25) is 0 Å². The molecule has 2 rings (SSSR count). The van der Waals surface area contributed by atoms with Crippen molar-refractivity contribution in [3.05, 3.63) is 30.1 Å². The summed E-state index contributed by atoms with van der Waals surface area (Å²) in [6.45, 7) is 2.02. The molecule has 0 atom stereocenters. The van der Waals surface area contributed by atoms with E-state index in [4.69, 9.17) is 9.47 Å². The minimum absolute atomic E-state index is 0.507. The van der Waals surface area contributed by atoms with Gasteiger partial charge in [-0.1, -0.05) is 0 Å². The van der Waals surface area contributed by atoms with E-state index in [1.54, 1.807) is 21.3 Å². The lowest BCUT2D eigenvalue weighted by Gasteiger charge is -2.10. The molecule has 3 N–H and O–H groups in total. The molecule has 0 amide bonds. The van der Waals surface area contributed by atoms with Gasteiger partial charge in [0, 0.05) is 32.9 Å². The molecule has 24 heavy (non-hydrogen) atoms. The maximum Gasteiger partial charge on any atom is 0.191 e. The molecule has 2 aromatic rings. The van der Waals surface area contributed by atoms with Gasteiger partial charge in [0.1, 0.15) is 11.6 Å². The van der Waals surface area contributed by atoms with Crippen LogP contribution < -0.4 is 15.4 Å². The number of ether oxygens (including phenoxy) is 2. The van der Waals surface area contributed by atoms with Gasteiger partial charge in [-0.15, -0.1) is 0 Å². The standard InChI is InChI=1S/C16H24N6O2/c1-17-16(18-9-4-10-23-2)19-11-14-20-15(22-21-14)12-5-7-13(24-3)8-6-12/h5-8H,4,9-11H2,1-3H3,(H2,17,18,19)(H,20,21,22). The summed E-state index contributed by atoms with van der Waals surface area (Å²) >= 11 is 0. The van der Waals surface area contributed by atoms with Crippen molar-refractivity contribution in [1.29, 1.82) is 0 Å². The van der Waals surface area contributed by atoms with E-state index < -0.39 is 0 Å². The summed E-state index contributed by atoms with van der Waals surface area (Å²) in [5.41, 5.74) is 0.931. The molecule has 1 aromatic heterocycles. The van der Waals surface area contributed by atoms with Crippen LogP contribution in [0.1, 0.15) is 12.2 Å². The first-order chi connectivity index (χ1) is 11.8. The molecule has 0 saturated heterocycles. The van der Waals surface area contributed by atoms with Crippen LogP contribution in [-0.2, 0) is 11.3 Å². The first-order valence-electron chi connectivity index (χ1n) is 7.76. The number of hydrogen-bond donors (Lipinski definition) is 3. The zero-order valence-electron chi connectivity index (χ0n) is 14.3. The van der Waals surface area contributed by atoms with E-state index in [2.05, 4.69) is 30.8 Å². The Morgan fingerprint density at radius 2 is 2.00 bits per heavy atom. The number of rotatable bonds is 8. The fourth-order valence-corrected chi connectivity index (χ4v) is 2.05. The van der Waals surface area contributed by atoms with Crippen LogP contribution in [0.2, 0.25) is 0 Å². The number of nitrogens with one attached hydrogen (secondary N) is 3. The Morgan fingerprint density at radius 1 is 1.21 bits per heavy atom. The summed E-state index contributed by atoms with van der Waals surface area (Å²) in [4.78, 5) is 8.64. The summed E-state index contributed by atoms with van der Waals surface area (Å²) in [5.74, 6) is 2.91. The summed E-state index contributed by atoms with van der Waals surface area (Å²) in [7, 11) is 5.06. The Labute approximate surface area is 141 Å². The van der Waals surface area contributed by atoms with Crippen molar-refractivity contribution in [3.63, 3.8) is 0 Å². The van der Waals surface area contributed by atoms with Gasteiger partial charge in [-0.05, 0) is 30.7 Å². The van der Waals surface area contributed by atoms with Crippen LogP contribution in [0, 0.1) is 0 Å². The van der Waals surface area contributed by atoms with Crippen molar-refractivity contribution in [2.45, 2.75) is 13.0 Å². The highest BCUT2D eigenvalue weighted by Crippen LogP contribution is 2.18. The third-order valence-corrected chi connectivity index (χ3v) is 3.34. The molecule has 0 saturated carbocycles. The van der Waals surface area contributed by atoms with Gasteiger partial charge in [0.05, 0.1) is 13.7 Å².